The van der Waals surface area contributed by atoms with Gasteiger partial charge in [0.2, 0.25) is 0 Å². The van der Waals surface area contributed by atoms with Gasteiger partial charge in [0.1, 0.15) is 4.88 Å². The molecule has 1 fully saturated rings. The van der Waals surface area contributed by atoms with Crippen molar-refractivity contribution in [3.8, 4) is 0 Å². The van der Waals surface area contributed by atoms with Crippen molar-refractivity contribution in [1.29, 1.82) is 0 Å². The Morgan fingerprint density at radius 3 is 2.89 bits per heavy atom. The summed E-state index contributed by atoms with van der Waals surface area (Å²) in [5, 5.41) is 4.26. The minimum absolute atomic E-state index is 0.0552. The van der Waals surface area contributed by atoms with Crippen molar-refractivity contribution < 1.29 is 14.3 Å². The third-order valence-corrected chi connectivity index (χ3v) is 6.41. The van der Waals surface area contributed by atoms with Crippen LogP contribution in [0, 0.1) is 0 Å². The lowest BCUT2D eigenvalue weighted by atomic mass is 9.90. The van der Waals surface area contributed by atoms with Crippen molar-refractivity contribution in [3.05, 3.63) is 44.9 Å². The van der Waals surface area contributed by atoms with E-state index in [1.165, 1.54) is 18.3 Å². The summed E-state index contributed by atoms with van der Waals surface area (Å²) < 4.78 is 5.41. The maximum Gasteiger partial charge on any atom is 0.263 e. The quantitative estimate of drug-likeness (QED) is 0.794. The number of Topliss-reactive ketones (excluding diaryl/α,β-unsaturated/α-hetero) is 1. The lowest BCUT2D eigenvalue weighted by molar-refractivity contribution is 0.0958. The SMILES string of the molecule is CC(=O)c1cc(C2CCNC(=O)c3sc(N4CCOCC4)nc32)ccc1Cl. The average Bonchev–Trinajstić information content (AvgIpc) is 3.05. The van der Waals surface area contributed by atoms with Crippen LogP contribution in [0.25, 0.3) is 0 Å². The fourth-order valence-corrected chi connectivity index (χ4v) is 4.86. The maximum absolute atomic E-state index is 12.5. The molecule has 1 amide bonds. The number of nitrogens with one attached hydrogen (secondary N) is 1. The molecule has 1 atom stereocenters. The number of thiazole rings is 1. The average molecular weight is 406 g/mol. The van der Waals surface area contributed by atoms with Gasteiger partial charge in [0, 0.05) is 31.1 Å². The molecule has 2 aromatic rings. The molecule has 0 radical (unpaired) electrons. The molecule has 2 aliphatic heterocycles. The summed E-state index contributed by atoms with van der Waals surface area (Å²) in [5.41, 5.74) is 2.25. The molecule has 1 N–H and O–H groups in total. The Labute approximate surface area is 166 Å². The van der Waals surface area contributed by atoms with Gasteiger partial charge in [-0.25, -0.2) is 4.98 Å². The molecule has 1 saturated heterocycles. The van der Waals surface area contributed by atoms with Crippen LogP contribution in [-0.4, -0.2) is 49.5 Å². The summed E-state index contributed by atoms with van der Waals surface area (Å²) in [6.45, 7) is 4.95. The molecular weight excluding hydrogens is 386 g/mol. The minimum Gasteiger partial charge on any atom is -0.378 e. The highest BCUT2D eigenvalue weighted by Gasteiger charge is 2.31. The van der Waals surface area contributed by atoms with E-state index in [9.17, 15) is 9.59 Å². The molecule has 3 heterocycles. The first kappa shape index (κ1) is 18.4. The Balaban J connectivity index is 1.76. The Kier molecular flexibility index (Phi) is 5.16. The predicted octanol–water partition coefficient (Wildman–Crippen LogP) is 3.10. The lowest BCUT2D eigenvalue weighted by Gasteiger charge is -2.26. The zero-order valence-corrected chi connectivity index (χ0v) is 16.5. The highest BCUT2D eigenvalue weighted by molar-refractivity contribution is 7.17. The number of halogens is 1. The van der Waals surface area contributed by atoms with Crippen LogP contribution in [0.5, 0.6) is 0 Å². The minimum atomic E-state index is -0.0785. The zero-order valence-electron chi connectivity index (χ0n) is 15.0. The number of hydrogen-bond acceptors (Lipinski definition) is 6. The van der Waals surface area contributed by atoms with E-state index in [-0.39, 0.29) is 17.6 Å². The highest BCUT2D eigenvalue weighted by atomic mass is 35.5. The monoisotopic (exact) mass is 405 g/mol. The van der Waals surface area contributed by atoms with Crippen LogP contribution in [-0.2, 0) is 4.74 Å². The van der Waals surface area contributed by atoms with E-state index in [4.69, 9.17) is 21.3 Å². The van der Waals surface area contributed by atoms with Gasteiger partial charge in [-0.2, -0.15) is 0 Å². The molecule has 0 aliphatic carbocycles. The van der Waals surface area contributed by atoms with E-state index in [1.807, 2.05) is 12.1 Å². The molecule has 142 valence electrons. The summed E-state index contributed by atoms with van der Waals surface area (Å²) in [6.07, 6.45) is 0.726. The zero-order chi connectivity index (χ0) is 19.0. The highest BCUT2D eigenvalue weighted by Crippen LogP contribution is 2.38. The van der Waals surface area contributed by atoms with Gasteiger partial charge in [0.15, 0.2) is 10.9 Å². The fourth-order valence-electron chi connectivity index (χ4n) is 3.51. The first-order valence-corrected chi connectivity index (χ1v) is 10.2. The van der Waals surface area contributed by atoms with Gasteiger partial charge in [-0.05, 0) is 31.0 Å². The number of hydrogen-bond donors (Lipinski definition) is 1. The Morgan fingerprint density at radius 2 is 2.15 bits per heavy atom. The third kappa shape index (κ3) is 3.59. The number of rotatable bonds is 3. The van der Waals surface area contributed by atoms with Gasteiger partial charge in [-0.3, -0.25) is 9.59 Å². The summed E-state index contributed by atoms with van der Waals surface area (Å²) in [7, 11) is 0. The second-order valence-corrected chi connectivity index (χ2v) is 8.09. The van der Waals surface area contributed by atoms with Crippen LogP contribution in [0.2, 0.25) is 5.02 Å². The molecule has 1 aromatic carbocycles. The number of carbonyl (C=O) groups excluding carboxylic acids is 2. The second kappa shape index (κ2) is 7.58. The Bertz CT molecular complexity index is 892. The number of fused-ring (bicyclic) bond motifs is 1. The van der Waals surface area contributed by atoms with Gasteiger partial charge < -0.3 is 15.0 Å². The number of amides is 1. The normalized spacial score (nSPS) is 20.0. The fraction of sp³-hybridized carbons (Fsp3) is 0.421. The van der Waals surface area contributed by atoms with Crippen molar-refractivity contribution in [3.63, 3.8) is 0 Å². The van der Waals surface area contributed by atoms with Gasteiger partial charge >= 0.3 is 0 Å². The Hall–Kier alpha value is -1.96. The second-order valence-electron chi connectivity index (χ2n) is 6.70. The maximum atomic E-state index is 12.5. The third-order valence-electron chi connectivity index (χ3n) is 4.95. The number of anilines is 1. The molecule has 0 saturated carbocycles. The molecule has 6 nitrogen and oxygen atoms in total. The number of ether oxygens (including phenoxy) is 1. The molecular formula is C19H20ClN3O3S. The first-order chi connectivity index (χ1) is 13.0. The van der Waals surface area contributed by atoms with Gasteiger partial charge in [-0.1, -0.05) is 29.0 Å². The van der Waals surface area contributed by atoms with Crippen molar-refractivity contribution in [2.75, 3.05) is 37.7 Å². The molecule has 0 bridgehead atoms. The van der Waals surface area contributed by atoms with E-state index in [1.54, 1.807) is 6.07 Å². The summed E-state index contributed by atoms with van der Waals surface area (Å²) in [4.78, 5) is 32.1. The largest absolute Gasteiger partial charge is 0.378 e. The van der Waals surface area contributed by atoms with Crippen molar-refractivity contribution in [2.24, 2.45) is 0 Å². The molecule has 4 rings (SSSR count). The van der Waals surface area contributed by atoms with Gasteiger partial charge in [0.05, 0.1) is 23.9 Å². The van der Waals surface area contributed by atoms with Crippen molar-refractivity contribution in [2.45, 2.75) is 19.3 Å². The number of ketones is 1. The standard InChI is InChI=1S/C19H20ClN3O3S/c1-11(24)14-10-12(2-3-15(14)20)13-4-5-21-18(25)17-16(13)22-19(27-17)23-6-8-26-9-7-23/h2-3,10,13H,4-9H2,1H3,(H,21,25). The lowest BCUT2D eigenvalue weighted by Crippen LogP contribution is -2.36. The number of aromatic nitrogens is 1. The van der Waals surface area contributed by atoms with Gasteiger partial charge in [-0.15, -0.1) is 0 Å². The molecule has 1 aromatic heterocycles. The van der Waals surface area contributed by atoms with E-state index in [0.29, 0.717) is 35.2 Å². The smallest absolute Gasteiger partial charge is 0.263 e. The van der Waals surface area contributed by atoms with Crippen molar-refractivity contribution in [1.82, 2.24) is 10.3 Å². The summed E-state index contributed by atoms with van der Waals surface area (Å²) in [6, 6.07) is 5.51. The topological polar surface area (TPSA) is 71.5 Å². The van der Waals surface area contributed by atoms with Crippen LogP contribution in [0.3, 0.4) is 0 Å². The molecule has 1 unspecified atom stereocenters. The Morgan fingerprint density at radius 1 is 1.37 bits per heavy atom. The van der Waals surface area contributed by atoms with E-state index in [2.05, 4.69) is 10.2 Å². The molecule has 27 heavy (non-hydrogen) atoms. The number of carbonyl (C=O) groups is 2. The van der Waals surface area contributed by atoms with Crippen LogP contribution in [0.4, 0.5) is 5.13 Å². The van der Waals surface area contributed by atoms with E-state index in [0.717, 1.165) is 35.9 Å². The van der Waals surface area contributed by atoms with Crippen LogP contribution in [0.15, 0.2) is 18.2 Å². The summed E-state index contributed by atoms with van der Waals surface area (Å²) >= 11 is 7.60. The molecule has 8 heteroatoms. The summed E-state index contributed by atoms with van der Waals surface area (Å²) in [5.74, 6) is -0.206. The predicted molar refractivity (Wildman–Crippen MR) is 105 cm³/mol. The molecule has 2 aliphatic rings. The van der Waals surface area contributed by atoms with Crippen LogP contribution < -0.4 is 10.2 Å². The number of benzene rings is 1. The van der Waals surface area contributed by atoms with Crippen LogP contribution in [0.1, 0.15) is 50.5 Å². The van der Waals surface area contributed by atoms with E-state index >= 15 is 0 Å². The first-order valence-electron chi connectivity index (χ1n) is 8.96. The van der Waals surface area contributed by atoms with Crippen LogP contribution >= 0.6 is 22.9 Å². The van der Waals surface area contributed by atoms with Crippen molar-refractivity contribution >= 4 is 39.8 Å². The number of nitrogens with zero attached hydrogens (tertiary/aromatic N) is 2. The van der Waals surface area contributed by atoms with E-state index < -0.39 is 0 Å². The molecule has 0 spiro atoms. The number of morpholine rings is 1. The van der Waals surface area contributed by atoms with Gasteiger partial charge in [0.25, 0.3) is 5.91 Å².